The number of carbonyl (C=O) groups excluding carboxylic acids is 3. The summed E-state index contributed by atoms with van der Waals surface area (Å²) in [6.45, 7) is 3.91. The van der Waals surface area contributed by atoms with Crippen molar-refractivity contribution >= 4 is 57.9 Å². The summed E-state index contributed by atoms with van der Waals surface area (Å²) < 4.78 is 0. The monoisotopic (exact) mass is 593 g/mol. The molecule has 2 aliphatic rings. The first-order valence-electron chi connectivity index (χ1n) is 13.8. The molecule has 218 valence electrons. The van der Waals surface area contributed by atoms with Crippen LogP contribution >= 0.6 is 23.2 Å². The van der Waals surface area contributed by atoms with Gasteiger partial charge in [-0.1, -0.05) is 56.3 Å². The lowest BCUT2D eigenvalue weighted by Crippen LogP contribution is -2.65. The van der Waals surface area contributed by atoms with Crippen LogP contribution < -0.4 is 21.7 Å². The number of fused-ring (bicyclic) bond motifs is 3. The molecule has 2 aromatic rings. The van der Waals surface area contributed by atoms with Crippen LogP contribution in [0.2, 0.25) is 10.0 Å². The highest BCUT2D eigenvalue weighted by Gasteiger charge is 2.47. The molecule has 4 rings (SSSR count). The standard InChI is InChI=1S/C28H37Cl2N5O5/c1-3-14(2)22(24(31)36)34-26(38)28(35-25(37)17-7-5-4-6-15(17)13-32-27(39)40)9-8-21-19(12-28)18-10-16(29)11-20(30)23(18)33-21/h10-11,14-15,17,22,32-33H,3-9,12-13H2,1-2H3,(H2,31,36)(H,34,38)(H,35,37)(H,39,40)/t14?,15-,17+,22+,28-/m1/s1. The van der Waals surface area contributed by atoms with Gasteiger partial charge in [0.15, 0.2) is 0 Å². The first-order chi connectivity index (χ1) is 19.0. The second-order valence-corrected chi connectivity index (χ2v) is 12.1. The van der Waals surface area contributed by atoms with Crippen LogP contribution in [0.1, 0.15) is 63.6 Å². The van der Waals surface area contributed by atoms with Gasteiger partial charge in [0.2, 0.25) is 17.7 Å². The maximum absolute atomic E-state index is 14.1. The van der Waals surface area contributed by atoms with E-state index in [9.17, 15) is 19.2 Å². The van der Waals surface area contributed by atoms with Gasteiger partial charge in [0, 0.05) is 35.0 Å². The minimum Gasteiger partial charge on any atom is -0.465 e. The number of hydrogen-bond donors (Lipinski definition) is 6. The number of benzene rings is 1. The predicted molar refractivity (Wildman–Crippen MR) is 153 cm³/mol. The second kappa shape index (κ2) is 12.3. The molecule has 0 bridgehead atoms. The van der Waals surface area contributed by atoms with Crippen LogP contribution in [0.25, 0.3) is 10.9 Å². The second-order valence-electron chi connectivity index (χ2n) is 11.2. The van der Waals surface area contributed by atoms with Crippen molar-refractivity contribution in [2.24, 2.45) is 23.5 Å². The number of carbonyl (C=O) groups is 4. The van der Waals surface area contributed by atoms with E-state index in [-0.39, 0.29) is 37.1 Å². The number of hydrogen-bond acceptors (Lipinski definition) is 4. The third kappa shape index (κ3) is 6.17. The molecule has 1 unspecified atom stereocenters. The lowest BCUT2D eigenvalue weighted by molar-refractivity contribution is -0.139. The third-order valence-corrected chi connectivity index (χ3v) is 9.18. The van der Waals surface area contributed by atoms with Crippen LogP contribution in [0.15, 0.2) is 12.1 Å². The number of aryl methyl sites for hydroxylation is 1. The highest BCUT2D eigenvalue weighted by atomic mass is 35.5. The Hall–Kier alpha value is -2.98. The van der Waals surface area contributed by atoms with E-state index in [4.69, 9.17) is 34.0 Å². The fourth-order valence-electron chi connectivity index (χ4n) is 6.18. The first kappa shape index (κ1) is 30.0. The van der Waals surface area contributed by atoms with Crippen molar-refractivity contribution in [1.82, 2.24) is 20.9 Å². The quantitative estimate of drug-likeness (QED) is 0.259. The molecule has 7 N–H and O–H groups in total. The Morgan fingerprint density at radius 2 is 1.93 bits per heavy atom. The molecule has 0 saturated heterocycles. The molecule has 0 aliphatic heterocycles. The minimum absolute atomic E-state index is 0.160. The molecule has 1 saturated carbocycles. The Morgan fingerprint density at radius 3 is 2.60 bits per heavy atom. The molecule has 12 heteroatoms. The largest absolute Gasteiger partial charge is 0.465 e. The van der Waals surface area contributed by atoms with Crippen molar-refractivity contribution in [3.8, 4) is 0 Å². The number of halogens is 2. The Morgan fingerprint density at radius 1 is 1.20 bits per heavy atom. The summed E-state index contributed by atoms with van der Waals surface area (Å²) in [6, 6.07) is 2.53. The van der Waals surface area contributed by atoms with E-state index in [0.29, 0.717) is 41.2 Å². The topological polar surface area (TPSA) is 166 Å². The minimum atomic E-state index is -1.36. The predicted octanol–water partition coefficient (Wildman–Crippen LogP) is 3.91. The molecule has 40 heavy (non-hydrogen) atoms. The highest BCUT2D eigenvalue weighted by molar-refractivity contribution is 6.38. The van der Waals surface area contributed by atoms with Crippen LogP contribution in [-0.4, -0.2) is 52.0 Å². The summed E-state index contributed by atoms with van der Waals surface area (Å²) in [6.07, 6.45) is 3.41. The van der Waals surface area contributed by atoms with Crippen LogP contribution in [0.4, 0.5) is 4.79 Å². The SMILES string of the molecule is CCC(C)[C@H](NC(=O)[C@@]1(NC(=O)[C@H]2CCCC[C@@H]2CNC(=O)O)CCc2[nH]c3c(Cl)cc(Cl)cc3c2C1)C(N)=O. The number of aromatic amines is 1. The molecule has 1 fully saturated rings. The Balaban J connectivity index is 1.70. The van der Waals surface area contributed by atoms with Gasteiger partial charge in [0.05, 0.1) is 10.5 Å². The summed E-state index contributed by atoms with van der Waals surface area (Å²) >= 11 is 12.8. The van der Waals surface area contributed by atoms with Gasteiger partial charge < -0.3 is 31.8 Å². The van der Waals surface area contributed by atoms with Gasteiger partial charge in [0.1, 0.15) is 11.6 Å². The Labute approximate surface area is 243 Å². The number of nitrogens with two attached hydrogens (primary N) is 1. The van der Waals surface area contributed by atoms with Crippen LogP contribution in [-0.2, 0) is 27.2 Å². The van der Waals surface area contributed by atoms with E-state index < -0.39 is 35.4 Å². The van der Waals surface area contributed by atoms with Crippen molar-refractivity contribution < 1.29 is 24.3 Å². The molecule has 5 atom stereocenters. The number of nitrogens with one attached hydrogen (secondary N) is 4. The number of aromatic nitrogens is 1. The van der Waals surface area contributed by atoms with Crippen molar-refractivity contribution in [2.75, 3.05) is 6.54 Å². The Kier molecular flexibility index (Phi) is 9.19. The van der Waals surface area contributed by atoms with E-state index in [1.807, 2.05) is 13.8 Å². The molecular weight excluding hydrogens is 557 g/mol. The summed E-state index contributed by atoms with van der Waals surface area (Å²) in [7, 11) is 0. The number of rotatable bonds is 9. The van der Waals surface area contributed by atoms with Crippen molar-refractivity contribution in [2.45, 2.75) is 76.8 Å². The van der Waals surface area contributed by atoms with Gasteiger partial charge in [-0.15, -0.1) is 0 Å². The normalized spacial score (nSPS) is 24.0. The van der Waals surface area contributed by atoms with E-state index >= 15 is 0 Å². The third-order valence-electron chi connectivity index (χ3n) is 8.67. The van der Waals surface area contributed by atoms with Gasteiger partial charge in [-0.05, 0) is 55.2 Å². The first-order valence-corrected chi connectivity index (χ1v) is 14.6. The number of primary amides is 1. The lowest BCUT2D eigenvalue weighted by atomic mass is 9.75. The van der Waals surface area contributed by atoms with Crippen LogP contribution in [0.5, 0.6) is 0 Å². The molecule has 0 radical (unpaired) electrons. The number of H-pyrrole nitrogens is 1. The summed E-state index contributed by atoms with van der Waals surface area (Å²) in [4.78, 5) is 54.7. The molecule has 10 nitrogen and oxygen atoms in total. The van der Waals surface area contributed by atoms with Gasteiger partial charge >= 0.3 is 6.09 Å². The van der Waals surface area contributed by atoms with Gasteiger partial charge in [-0.2, -0.15) is 0 Å². The van der Waals surface area contributed by atoms with Crippen LogP contribution in [0, 0.1) is 17.8 Å². The molecule has 4 amide bonds. The maximum atomic E-state index is 14.1. The zero-order valence-corrected chi connectivity index (χ0v) is 24.3. The number of carboxylic acid groups (broad SMARTS) is 1. The van der Waals surface area contributed by atoms with E-state index in [2.05, 4.69) is 20.9 Å². The molecule has 1 heterocycles. The van der Waals surface area contributed by atoms with Crippen molar-refractivity contribution in [3.63, 3.8) is 0 Å². The van der Waals surface area contributed by atoms with Gasteiger partial charge in [0.25, 0.3) is 0 Å². The lowest BCUT2D eigenvalue weighted by Gasteiger charge is -2.40. The Bertz CT molecular complexity index is 1310. The van der Waals surface area contributed by atoms with E-state index in [0.717, 1.165) is 29.5 Å². The molecule has 2 aliphatic carbocycles. The highest BCUT2D eigenvalue weighted by Crippen LogP contribution is 2.39. The zero-order valence-electron chi connectivity index (χ0n) is 22.7. The summed E-state index contributed by atoms with van der Waals surface area (Å²) in [5.74, 6) is -2.27. The molecule has 1 aromatic heterocycles. The summed E-state index contributed by atoms with van der Waals surface area (Å²) in [5, 5.41) is 19.1. The van der Waals surface area contributed by atoms with Crippen LogP contribution in [0.3, 0.4) is 0 Å². The van der Waals surface area contributed by atoms with Crippen molar-refractivity contribution in [3.05, 3.63) is 33.4 Å². The van der Waals surface area contributed by atoms with Gasteiger partial charge in [-0.3, -0.25) is 14.4 Å². The number of amides is 4. The van der Waals surface area contributed by atoms with E-state index in [1.54, 1.807) is 12.1 Å². The van der Waals surface area contributed by atoms with Gasteiger partial charge in [-0.25, -0.2) is 4.79 Å². The average molecular weight is 595 g/mol. The fourth-order valence-corrected chi connectivity index (χ4v) is 6.72. The molecule has 0 spiro atoms. The fraction of sp³-hybridized carbons (Fsp3) is 0.571. The van der Waals surface area contributed by atoms with E-state index in [1.165, 1.54) is 0 Å². The molecule has 1 aromatic carbocycles. The average Bonchev–Trinajstić information content (AvgIpc) is 3.27. The smallest absolute Gasteiger partial charge is 0.404 e. The van der Waals surface area contributed by atoms with Crippen molar-refractivity contribution in [1.29, 1.82) is 0 Å². The molecular formula is C28H37Cl2N5O5. The summed E-state index contributed by atoms with van der Waals surface area (Å²) in [5.41, 5.74) is 6.75. The zero-order chi connectivity index (χ0) is 29.2. The maximum Gasteiger partial charge on any atom is 0.404 e.